The number of benzene rings is 1. The highest BCUT2D eigenvalue weighted by Crippen LogP contribution is 2.08. The van der Waals surface area contributed by atoms with E-state index in [0.717, 1.165) is 5.56 Å². The van der Waals surface area contributed by atoms with Crippen LogP contribution in [-0.4, -0.2) is 18.4 Å². The van der Waals surface area contributed by atoms with Crippen molar-refractivity contribution in [2.75, 3.05) is 6.61 Å². The summed E-state index contributed by atoms with van der Waals surface area (Å²) >= 11 is 0. The van der Waals surface area contributed by atoms with Crippen molar-refractivity contribution in [1.29, 1.82) is 0 Å². The van der Waals surface area contributed by atoms with Crippen LogP contribution in [0.15, 0.2) is 28.2 Å². The molecule has 5 heteroatoms. The molecule has 0 aromatic heterocycles. The first kappa shape index (κ1) is 8.96. The molecule has 2 heterocycles. The first-order valence-electron chi connectivity index (χ1n) is 4.71. The Labute approximate surface area is 89.8 Å². The van der Waals surface area contributed by atoms with E-state index in [0.29, 0.717) is 16.5 Å². The summed E-state index contributed by atoms with van der Waals surface area (Å²) in [6.45, 7) is -0.0599. The second kappa shape index (κ2) is 3.10. The Hall–Kier alpha value is -2.30. The number of hydrogen-bond acceptors (Lipinski definition) is 3. The monoisotopic (exact) mass is 214 g/mol. The summed E-state index contributed by atoms with van der Waals surface area (Å²) < 4.78 is 5.20. The number of hydrogen-bond donors (Lipinski definition) is 0. The van der Waals surface area contributed by atoms with Crippen LogP contribution >= 0.6 is 0 Å². The highest BCUT2D eigenvalue weighted by molar-refractivity contribution is 5.94. The second-order valence-corrected chi connectivity index (χ2v) is 3.46. The SMILES string of the molecule is O=C1C=Cc2cc3c(cc2=N1)OCC(=O)N=3. The van der Waals surface area contributed by atoms with E-state index in [9.17, 15) is 9.59 Å². The third-order valence-electron chi connectivity index (χ3n) is 2.34. The minimum absolute atomic E-state index is 0.0599. The Morgan fingerprint density at radius 3 is 2.81 bits per heavy atom. The number of amides is 2. The average Bonchev–Trinajstić information content (AvgIpc) is 2.26. The molecule has 2 amide bonds. The van der Waals surface area contributed by atoms with Crippen molar-refractivity contribution in [3.8, 4) is 5.75 Å². The Morgan fingerprint density at radius 2 is 1.94 bits per heavy atom. The van der Waals surface area contributed by atoms with Gasteiger partial charge in [-0.1, -0.05) is 0 Å². The van der Waals surface area contributed by atoms with Crippen LogP contribution in [0, 0.1) is 0 Å². The Kier molecular flexibility index (Phi) is 1.73. The van der Waals surface area contributed by atoms with Gasteiger partial charge in [0.25, 0.3) is 11.8 Å². The van der Waals surface area contributed by atoms with Crippen molar-refractivity contribution in [2.24, 2.45) is 9.98 Å². The van der Waals surface area contributed by atoms with Gasteiger partial charge in [-0.05, 0) is 12.1 Å². The third kappa shape index (κ3) is 1.33. The molecule has 0 saturated carbocycles. The lowest BCUT2D eigenvalue weighted by molar-refractivity contribution is -0.120. The molecule has 0 spiro atoms. The van der Waals surface area contributed by atoms with Crippen LogP contribution in [0.5, 0.6) is 5.75 Å². The van der Waals surface area contributed by atoms with Gasteiger partial charge in [-0.25, -0.2) is 9.98 Å². The topological polar surface area (TPSA) is 68.1 Å². The van der Waals surface area contributed by atoms with Crippen LogP contribution in [0.1, 0.15) is 5.56 Å². The molecule has 2 aliphatic rings. The Morgan fingerprint density at radius 1 is 1.06 bits per heavy atom. The first-order chi connectivity index (χ1) is 7.72. The summed E-state index contributed by atoms with van der Waals surface area (Å²) in [6, 6.07) is 3.32. The lowest BCUT2D eigenvalue weighted by Crippen LogP contribution is -2.27. The maximum absolute atomic E-state index is 11.1. The van der Waals surface area contributed by atoms with E-state index in [1.807, 2.05) is 0 Å². The summed E-state index contributed by atoms with van der Waals surface area (Å²) in [7, 11) is 0. The highest BCUT2D eigenvalue weighted by atomic mass is 16.5. The fourth-order valence-electron chi connectivity index (χ4n) is 1.63. The lowest BCUT2D eigenvalue weighted by atomic mass is 10.1. The van der Waals surface area contributed by atoms with Gasteiger partial charge in [0, 0.05) is 17.7 Å². The summed E-state index contributed by atoms with van der Waals surface area (Å²) in [5, 5.41) is 1.04. The van der Waals surface area contributed by atoms with Gasteiger partial charge in [0.15, 0.2) is 6.61 Å². The number of ether oxygens (including phenoxy) is 1. The zero-order valence-corrected chi connectivity index (χ0v) is 8.14. The molecule has 0 fully saturated rings. The maximum atomic E-state index is 11.1. The number of rotatable bonds is 0. The molecule has 16 heavy (non-hydrogen) atoms. The van der Waals surface area contributed by atoms with E-state index in [1.165, 1.54) is 6.08 Å². The van der Waals surface area contributed by atoms with Gasteiger partial charge in [-0.3, -0.25) is 9.59 Å². The zero-order valence-electron chi connectivity index (χ0n) is 8.14. The van der Waals surface area contributed by atoms with E-state index < -0.39 is 0 Å². The quantitative estimate of drug-likeness (QED) is 0.579. The van der Waals surface area contributed by atoms with Gasteiger partial charge in [-0.15, -0.1) is 0 Å². The van der Waals surface area contributed by atoms with Crippen molar-refractivity contribution >= 4 is 17.9 Å². The molecular formula is C11H6N2O3. The molecule has 0 unspecified atom stereocenters. The van der Waals surface area contributed by atoms with Gasteiger partial charge < -0.3 is 4.74 Å². The first-order valence-corrected chi connectivity index (χ1v) is 4.71. The van der Waals surface area contributed by atoms with Gasteiger partial charge in [0.2, 0.25) is 0 Å². The van der Waals surface area contributed by atoms with Crippen molar-refractivity contribution in [2.45, 2.75) is 0 Å². The smallest absolute Gasteiger partial charge is 0.284 e. The van der Waals surface area contributed by atoms with Crippen molar-refractivity contribution in [3.05, 3.63) is 34.5 Å². The predicted molar refractivity (Wildman–Crippen MR) is 53.3 cm³/mol. The van der Waals surface area contributed by atoms with Crippen LogP contribution in [0.2, 0.25) is 0 Å². The number of carbonyl (C=O) groups is 2. The summed E-state index contributed by atoms with van der Waals surface area (Å²) in [6.07, 6.45) is 3.03. The minimum atomic E-state index is -0.305. The fourth-order valence-corrected chi connectivity index (χ4v) is 1.63. The molecule has 0 saturated heterocycles. The standard InChI is InChI=1S/C11H6N2O3/c14-10-2-1-6-3-8-9(4-7(6)12-10)16-5-11(15)13-8/h1-4H,5H2. The Bertz CT molecular complexity index is 659. The van der Waals surface area contributed by atoms with Crippen molar-refractivity contribution in [3.63, 3.8) is 0 Å². The molecule has 3 rings (SSSR count). The van der Waals surface area contributed by atoms with Crippen molar-refractivity contribution in [1.82, 2.24) is 0 Å². The Balaban J connectivity index is 2.33. The summed E-state index contributed by atoms with van der Waals surface area (Å²) in [5.74, 6) is -0.110. The highest BCUT2D eigenvalue weighted by Gasteiger charge is 2.13. The molecule has 0 N–H and O–H groups in total. The normalized spacial score (nSPS) is 16.8. The molecule has 1 aromatic carbocycles. The van der Waals surface area contributed by atoms with Crippen LogP contribution in [-0.2, 0) is 9.59 Å². The predicted octanol–water partition coefficient (Wildman–Crippen LogP) is -0.602. The van der Waals surface area contributed by atoms with Gasteiger partial charge in [0.05, 0.1) is 5.36 Å². The molecule has 78 valence electrons. The average molecular weight is 214 g/mol. The summed E-state index contributed by atoms with van der Waals surface area (Å²) in [4.78, 5) is 29.8. The molecule has 0 atom stereocenters. The molecule has 5 nitrogen and oxygen atoms in total. The van der Waals surface area contributed by atoms with E-state index in [4.69, 9.17) is 4.74 Å². The fraction of sp³-hybridized carbons (Fsp3) is 0.0909. The third-order valence-corrected chi connectivity index (χ3v) is 2.34. The van der Waals surface area contributed by atoms with Crippen LogP contribution in [0.3, 0.4) is 0 Å². The van der Waals surface area contributed by atoms with Gasteiger partial charge in [-0.2, -0.15) is 0 Å². The number of fused-ring (bicyclic) bond motifs is 2. The molecule has 0 aliphatic carbocycles. The van der Waals surface area contributed by atoms with E-state index in [1.54, 1.807) is 18.2 Å². The molecular weight excluding hydrogens is 208 g/mol. The molecule has 1 aromatic rings. The van der Waals surface area contributed by atoms with Gasteiger partial charge in [0.1, 0.15) is 11.1 Å². The lowest BCUT2D eigenvalue weighted by Gasteiger charge is -2.10. The van der Waals surface area contributed by atoms with Crippen LogP contribution < -0.4 is 15.5 Å². The molecule has 0 bridgehead atoms. The van der Waals surface area contributed by atoms with Gasteiger partial charge >= 0.3 is 0 Å². The zero-order chi connectivity index (χ0) is 11.1. The van der Waals surface area contributed by atoms with E-state index in [-0.39, 0.29) is 18.4 Å². The molecule has 0 radical (unpaired) electrons. The second-order valence-electron chi connectivity index (χ2n) is 3.46. The minimum Gasteiger partial charge on any atom is -0.481 e. The van der Waals surface area contributed by atoms with Crippen LogP contribution in [0.4, 0.5) is 0 Å². The number of nitrogens with zero attached hydrogens (tertiary/aromatic N) is 2. The largest absolute Gasteiger partial charge is 0.481 e. The van der Waals surface area contributed by atoms with E-state index >= 15 is 0 Å². The van der Waals surface area contributed by atoms with E-state index in [2.05, 4.69) is 9.98 Å². The van der Waals surface area contributed by atoms with Crippen molar-refractivity contribution < 1.29 is 14.3 Å². The molecule has 2 aliphatic heterocycles. The number of carbonyl (C=O) groups excluding carboxylic acids is 2. The maximum Gasteiger partial charge on any atom is 0.284 e. The summed E-state index contributed by atoms with van der Waals surface area (Å²) in [5.41, 5.74) is 0.764. The van der Waals surface area contributed by atoms with Crippen LogP contribution in [0.25, 0.3) is 6.08 Å².